The molecule has 10 nitrogen and oxygen atoms in total. The summed E-state index contributed by atoms with van der Waals surface area (Å²) < 4.78 is 21.4. The van der Waals surface area contributed by atoms with Gasteiger partial charge in [-0.05, 0) is 72.3 Å². The van der Waals surface area contributed by atoms with E-state index in [1.54, 1.807) is 78.9 Å². The largest absolute Gasteiger partial charge is 0.493 e. The first-order chi connectivity index (χ1) is 19.5. The maximum atomic E-state index is 12.7. The predicted molar refractivity (Wildman–Crippen MR) is 146 cm³/mol. The molecule has 0 fully saturated rings. The van der Waals surface area contributed by atoms with Gasteiger partial charge in [-0.2, -0.15) is 5.10 Å². The van der Waals surface area contributed by atoms with Crippen molar-refractivity contribution in [1.29, 1.82) is 0 Å². The SMILES string of the molecule is COc1cc(C=NNC(=O)c2cccc(NC(=O)c3ccc4c(c3)OCO4)c2)ccc1OC(=O)c1ccccc1. The van der Waals surface area contributed by atoms with Crippen molar-refractivity contribution in [1.82, 2.24) is 5.43 Å². The summed E-state index contributed by atoms with van der Waals surface area (Å²) in [6.07, 6.45) is 1.43. The maximum absolute atomic E-state index is 12.7. The Hall–Kier alpha value is -5.64. The van der Waals surface area contributed by atoms with E-state index in [4.69, 9.17) is 18.9 Å². The number of anilines is 1. The fraction of sp³-hybridized carbons (Fsp3) is 0.0667. The number of rotatable bonds is 8. The highest BCUT2D eigenvalue weighted by Crippen LogP contribution is 2.32. The van der Waals surface area contributed by atoms with Crippen molar-refractivity contribution < 1.29 is 33.3 Å². The lowest BCUT2D eigenvalue weighted by Crippen LogP contribution is -2.18. The Bertz CT molecular complexity index is 1600. The third-order valence-electron chi connectivity index (χ3n) is 5.80. The summed E-state index contributed by atoms with van der Waals surface area (Å²) in [5.74, 6) is 0.303. The molecule has 2 amide bonds. The second-order valence-corrected chi connectivity index (χ2v) is 8.47. The quantitative estimate of drug-likeness (QED) is 0.145. The number of benzene rings is 4. The molecule has 4 aromatic rings. The summed E-state index contributed by atoms with van der Waals surface area (Å²) in [6, 6.07) is 24.8. The lowest BCUT2D eigenvalue weighted by molar-refractivity contribution is 0.0729. The third kappa shape index (κ3) is 6.08. The summed E-state index contributed by atoms with van der Waals surface area (Å²) in [4.78, 5) is 37.7. The van der Waals surface area contributed by atoms with E-state index in [-0.39, 0.29) is 18.4 Å². The van der Waals surface area contributed by atoms with Gasteiger partial charge in [-0.15, -0.1) is 0 Å². The Morgan fingerprint density at radius 3 is 2.38 bits per heavy atom. The molecule has 0 atom stereocenters. The van der Waals surface area contributed by atoms with Crippen LogP contribution >= 0.6 is 0 Å². The standard InChI is InChI=1S/C30H23N3O7/c1-37-26-14-19(10-12-25(26)40-30(36)20-6-3-2-4-7-20)17-31-33-29(35)21-8-5-9-23(15-21)32-28(34)22-11-13-24-27(16-22)39-18-38-24/h2-17H,18H2,1H3,(H,32,34)(H,33,35). The Labute approximate surface area is 229 Å². The van der Waals surface area contributed by atoms with Crippen LogP contribution in [-0.4, -0.2) is 37.9 Å². The van der Waals surface area contributed by atoms with Crippen LogP contribution in [0.5, 0.6) is 23.0 Å². The highest BCUT2D eigenvalue weighted by atomic mass is 16.7. The van der Waals surface area contributed by atoms with Gasteiger partial charge in [0.15, 0.2) is 23.0 Å². The molecule has 40 heavy (non-hydrogen) atoms. The molecule has 4 aromatic carbocycles. The summed E-state index contributed by atoms with van der Waals surface area (Å²) in [7, 11) is 1.45. The van der Waals surface area contributed by atoms with Gasteiger partial charge in [0, 0.05) is 16.8 Å². The fourth-order valence-electron chi connectivity index (χ4n) is 3.79. The van der Waals surface area contributed by atoms with Crippen LogP contribution in [0.1, 0.15) is 36.6 Å². The van der Waals surface area contributed by atoms with Crippen molar-refractivity contribution in [3.8, 4) is 23.0 Å². The van der Waals surface area contributed by atoms with Crippen molar-refractivity contribution in [2.45, 2.75) is 0 Å². The number of esters is 1. The summed E-state index contributed by atoms with van der Waals surface area (Å²) in [5, 5.41) is 6.77. The highest BCUT2D eigenvalue weighted by Gasteiger charge is 2.17. The number of hydrogen-bond acceptors (Lipinski definition) is 8. The second-order valence-electron chi connectivity index (χ2n) is 8.47. The molecule has 0 aliphatic carbocycles. The Morgan fingerprint density at radius 2 is 1.55 bits per heavy atom. The Kier molecular flexibility index (Phi) is 7.68. The number of carbonyl (C=O) groups excluding carboxylic acids is 3. The zero-order chi connectivity index (χ0) is 27.9. The summed E-state index contributed by atoms with van der Waals surface area (Å²) in [6.45, 7) is 0.114. The molecule has 1 aliphatic heterocycles. The highest BCUT2D eigenvalue weighted by molar-refractivity contribution is 6.05. The topological polar surface area (TPSA) is 125 Å². The number of nitrogens with zero attached hydrogens (tertiary/aromatic N) is 1. The molecular formula is C30H23N3O7. The number of nitrogens with one attached hydrogen (secondary N) is 2. The predicted octanol–water partition coefficient (Wildman–Crippen LogP) is 4.66. The van der Waals surface area contributed by atoms with Gasteiger partial charge < -0.3 is 24.3 Å². The van der Waals surface area contributed by atoms with Gasteiger partial charge in [-0.3, -0.25) is 9.59 Å². The molecule has 1 aliphatic rings. The van der Waals surface area contributed by atoms with Crippen LogP contribution in [0, 0.1) is 0 Å². The van der Waals surface area contributed by atoms with Crippen LogP contribution in [0.2, 0.25) is 0 Å². The van der Waals surface area contributed by atoms with Gasteiger partial charge in [0.2, 0.25) is 6.79 Å². The van der Waals surface area contributed by atoms with Gasteiger partial charge in [0.05, 0.1) is 18.9 Å². The van der Waals surface area contributed by atoms with Crippen LogP contribution in [0.15, 0.2) is 96.1 Å². The number of ether oxygens (including phenoxy) is 4. The van der Waals surface area contributed by atoms with Gasteiger partial charge in [0.25, 0.3) is 11.8 Å². The first-order valence-corrected chi connectivity index (χ1v) is 12.1. The van der Waals surface area contributed by atoms with Crippen LogP contribution in [0.25, 0.3) is 0 Å². The molecular weight excluding hydrogens is 514 g/mol. The van der Waals surface area contributed by atoms with Gasteiger partial charge >= 0.3 is 5.97 Å². The number of amides is 2. The minimum absolute atomic E-state index is 0.114. The monoisotopic (exact) mass is 537 g/mol. The zero-order valence-corrected chi connectivity index (χ0v) is 21.2. The zero-order valence-electron chi connectivity index (χ0n) is 21.2. The van der Waals surface area contributed by atoms with Gasteiger partial charge in [-0.1, -0.05) is 24.3 Å². The summed E-state index contributed by atoms with van der Waals surface area (Å²) >= 11 is 0. The van der Waals surface area contributed by atoms with Crippen LogP contribution < -0.4 is 29.7 Å². The maximum Gasteiger partial charge on any atom is 0.343 e. The number of methoxy groups -OCH3 is 1. The van der Waals surface area contributed by atoms with Crippen LogP contribution in [0.4, 0.5) is 5.69 Å². The molecule has 0 saturated heterocycles. The van der Waals surface area contributed by atoms with E-state index in [0.29, 0.717) is 45.2 Å². The van der Waals surface area contributed by atoms with E-state index in [1.807, 2.05) is 6.07 Å². The smallest absolute Gasteiger partial charge is 0.343 e. The molecule has 0 saturated carbocycles. The van der Waals surface area contributed by atoms with Crippen molar-refractivity contribution in [2.24, 2.45) is 5.10 Å². The van der Waals surface area contributed by atoms with E-state index in [9.17, 15) is 14.4 Å². The van der Waals surface area contributed by atoms with Gasteiger partial charge in [0.1, 0.15) is 0 Å². The molecule has 200 valence electrons. The molecule has 0 aromatic heterocycles. The third-order valence-corrected chi connectivity index (χ3v) is 5.80. The fourth-order valence-corrected chi connectivity index (χ4v) is 3.79. The average molecular weight is 538 g/mol. The van der Waals surface area contributed by atoms with E-state index < -0.39 is 11.9 Å². The lowest BCUT2D eigenvalue weighted by atomic mass is 10.1. The number of hydrazone groups is 1. The molecule has 5 rings (SSSR count). The number of carbonyl (C=O) groups is 3. The molecule has 0 radical (unpaired) electrons. The number of hydrogen-bond donors (Lipinski definition) is 2. The second kappa shape index (κ2) is 11.8. The molecule has 0 spiro atoms. The molecule has 0 bridgehead atoms. The molecule has 1 heterocycles. The lowest BCUT2D eigenvalue weighted by Gasteiger charge is -2.10. The van der Waals surface area contributed by atoms with Crippen molar-refractivity contribution in [3.05, 3.63) is 113 Å². The first-order valence-electron chi connectivity index (χ1n) is 12.1. The number of fused-ring (bicyclic) bond motifs is 1. The van der Waals surface area contributed by atoms with Crippen LogP contribution in [-0.2, 0) is 0 Å². The average Bonchev–Trinajstić information content (AvgIpc) is 3.46. The molecule has 10 heteroatoms. The van der Waals surface area contributed by atoms with E-state index in [2.05, 4.69) is 15.8 Å². The minimum Gasteiger partial charge on any atom is -0.493 e. The normalized spacial score (nSPS) is 11.6. The molecule has 2 N–H and O–H groups in total. The van der Waals surface area contributed by atoms with Crippen molar-refractivity contribution >= 4 is 29.7 Å². The van der Waals surface area contributed by atoms with Crippen molar-refractivity contribution in [2.75, 3.05) is 19.2 Å². The Morgan fingerprint density at radius 1 is 0.775 bits per heavy atom. The first kappa shape index (κ1) is 26.0. The van der Waals surface area contributed by atoms with E-state index in [1.165, 1.54) is 19.4 Å². The van der Waals surface area contributed by atoms with E-state index in [0.717, 1.165) is 0 Å². The summed E-state index contributed by atoms with van der Waals surface area (Å²) in [5.41, 5.74) is 4.58. The van der Waals surface area contributed by atoms with Crippen molar-refractivity contribution in [3.63, 3.8) is 0 Å². The van der Waals surface area contributed by atoms with Crippen LogP contribution in [0.3, 0.4) is 0 Å². The molecule has 0 unspecified atom stereocenters. The Balaban J connectivity index is 1.19. The minimum atomic E-state index is -0.512. The van der Waals surface area contributed by atoms with E-state index >= 15 is 0 Å². The van der Waals surface area contributed by atoms with Gasteiger partial charge in [-0.25, -0.2) is 10.2 Å².